The quantitative estimate of drug-likeness (QED) is 0.685. The molecular formula is C20H21N3O3S2. The number of nitrogens with zero attached hydrogens (tertiary/aromatic N) is 2. The van der Waals surface area contributed by atoms with E-state index in [1.54, 1.807) is 24.3 Å². The first-order valence-corrected chi connectivity index (χ1v) is 10.9. The molecule has 1 amide bonds. The number of benzene rings is 2. The number of anilines is 1. The van der Waals surface area contributed by atoms with Crippen molar-refractivity contribution in [1.82, 2.24) is 9.29 Å². The molecule has 0 saturated heterocycles. The van der Waals surface area contributed by atoms with Gasteiger partial charge in [0.2, 0.25) is 10.0 Å². The zero-order chi connectivity index (χ0) is 20.5. The maximum Gasteiger partial charge on any atom is 0.257 e. The molecule has 0 unspecified atom stereocenters. The van der Waals surface area contributed by atoms with Gasteiger partial charge in [0.1, 0.15) is 0 Å². The van der Waals surface area contributed by atoms with Crippen molar-refractivity contribution in [2.75, 3.05) is 19.4 Å². The minimum Gasteiger partial charge on any atom is -0.298 e. The van der Waals surface area contributed by atoms with Gasteiger partial charge < -0.3 is 0 Å². The maximum absolute atomic E-state index is 12.5. The van der Waals surface area contributed by atoms with Crippen molar-refractivity contribution in [2.45, 2.75) is 18.7 Å². The first-order chi connectivity index (χ1) is 13.2. The second kappa shape index (κ2) is 7.83. The summed E-state index contributed by atoms with van der Waals surface area (Å²) in [6.07, 6.45) is 0. The molecule has 0 aliphatic heterocycles. The van der Waals surface area contributed by atoms with E-state index in [2.05, 4.69) is 10.3 Å². The van der Waals surface area contributed by atoms with Gasteiger partial charge in [-0.1, -0.05) is 29.3 Å². The van der Waals surface area contributed by atoms with Crippen LogP contribution in [0.1, 0.15) is 21.5 Å². The first kappa shape index (κ1) is 20.2. The number of sulfonamides is 1. The van der Waals surface area contributed by atoms with E-state index in [4.69, 9.17) is 0 Å². The molecule has 0 aliphatic rings. The van der Waals surface area contributed by atoms with Crippen LogP contribution in [0.5, 0.6) is 0 Å². The molecule has 8 heteroatoms. The van der Waals surface area contributed by atoms with Crippen molar-refractivity contribution >= 4 is 32.4 Å². The van der Waals surface area contributed by atoms with Crippen molar-refractivity contribution in [3.05, 3.63) is 64.5 Å². The maximum atomic E-state index is 12.5. The van der Waals surface area contributed by atoms with E-state index in [1.165, 1.54) is 29.7 Å². The first-order valence-electron chi connectivity index (χ1n) is 8.55. The summed E-state index contributed by atoms with van der Waals surface area (Å²) in [6, 6.07) is 12.2. The molecule has 6 nitrogen and oxygen atoms in total. The van der Waals surface area contributed by atoms with Crippen molar-refractivity contribution in [3.63, 3.8) is 0 Å². The number of carbonyl (C=O) groups excluding carboxylic acids is 1. The molecule has 1 heterocycles. The summed E-state index contributed by atoms with van der Waals surface area (Å²) < 4.78 is 25.5. The molecule has 0 aliphatic carbocycles. The van der Waals surface area contributed by atoms with Crippen LogP contribution in [0.4, 0.5) is 5.13 Å². The molecule has 0 spiro atoms. The predicted octanol–water partition coefficient (Wildman–Crippen LogP) is 3.93. The van der Waals surface area contributed by atoms with E-state index in [0.717, 1.165) is 16.7 Å². The fourth-order valence-corrected chi connectivity index (χ4v) is 4.36. The van der Waals surface area contributed by atoms with Gasteiger partial charge in [-0.15, -0.1) is 11.3 Å². The van der Waals surface area contributed by atoms with E-state index in [0.29, 0.717) is 16.4 Å². The largest absolute Gasteiger partial charge is 0.298 e. The zero-order valence-corrected chi connectivity index (χ0v) is 17.7. The highest BCUT2D eigenvalue weighted by Crippen LogP contribution is 2.26. The lowest BCUT2D eigenvalue weighted by Gasteiger charge is -2.11. The molecule has 0 fully saturated rings. The molecule has 3 rings (SSSR count). The molecular weight excluding hydrogens is 394 g/mol. The molecule has 28 heavy (non-hydrogen) atoms. The van der Waals surface area contributed by atoms with Crippen LogP contribution in [-0.4, -0.2) is 37.7 Å². The zero-order valence-electron chi connectivity index (χ0n) is 16.1. The summed E-state index contributed by atoms with van der Waals surface area (Å²) in [5, 5.41) is 5.14. The summed E-state index contributed by atoms with van der Waals surface area (Å²) in [5.74, 6) is -0.208. The molecule has 0 radical (unpaired) electrons. The number of nitrogens with one attached hydrogen (secondary N) is 1. The second-order valence-electron chi connectivity index (χ2n) is 6.68. The summed E-state index contributed by atoms with van der Waals surface area (Å²) >= 11 is 1.32. The smallest absolute Gasteiger partial charge is 0.257 e. The third-order valence-electron chi connectivity index (χ3n) is 4.14. The Kier molecular flexibility index (Phi) is 5.64. The lowest BCUT2D eigenvalue weighted by Crippen LogP contribution is -2.22. The minimum absolute atomic E-state index is 0.208. The average molecular weight is 416 g/mol. The number of amides is 1. The number of aryl methyl sites for hydroxylation is 2. The third-order valence-corrected chi connectivity index (χ3v) is 6.72. The van der Waals surface area contributed by atoms with Gasteiger partial charge in [-0.3, -0.25) is 10.1 Å². The second-order valence-corrected chi connectivity index (χ2v) is 9.69. The Morgan fingerprint density at radius 2 is 1.64 bits per heavy atom. The molecule has 0 atom stereocenters. The van der Waals surface area contributed by atoms with E-state index in [-0.39, 0.29) is 10.8 Å². The summed E-state index contributed by atoms with van der Waals surface area (Å²) in [4.78, 5) is 17.1. The topological polar surface area (TPSA) is 79.4 Å². The lowest BCUT2D eigenvalue weighted by molar-refractivity contribution is 0.102. The van der Waals surface area contributed by atoms with Gasteiger partial charge in [0, 0.05) is 30.6 Å². The van der Waals surface area contributed by atoms with Gasteiger partial charge in [-0.2, -0.15) is 0 Å². The van der Waals surface area contributed by atoms with E-state index in [1.807, 2.05) is 37.4 Å². The number of rotatable bonds is 5. The van der Waals surface area contributed by atoms with E-state index < -0.39 is 10.0 Å². The Bertz CT molecular complexity index is 1100. The molecule has 0 saturated carbocycles. The van der Waals surface area contributed by atoms with Gasteiger partial charge in [0.25, 0.3) is 5.91 Å². The fraction of sp³-hybridized carbons (Fsp3) is 0.200. The Morgan fingerprint density at radius 3 is 2.21 bits per heavy atom. The van der Waals surface area contributed by atoms with Crippen LogP contribution < -0.4 is 5.32 Å². The van der Waals surface area contributed by atoms with Crippen molar-refractivity contribution in [1.29, 1.82) is 0 Å². The summed E-state index contributed by atoms with van der Waals surface area (Å²) in [7, 11) is -0.477. The SMILES string of the molecule is Cc1cc(C)cc(C(=O)Nc2nc(-c3ccc(S(=O)(=O)N(C)C)cc3)cs2)c1. The standard InChI is InChI=1S/C20H21N3O3S2/c1-13-9-14(2)11-16(10-13)19(24)22-20-21-18(12-27-20)15-5-7-17(8-6-15)28(25,26)23(3)4/h5-12H,1-4H3,(H,21,22,24). The van der Waals surface area contributed by atoms with Crippen LogP contribution in [0.2, 0.25) is 0 Å². The van der Waals surface area contributed by atoms with Crippen molar-refractivity contribution in [3.8, 4) is 11.3 Å². The number of thiazole rings is 1. The molecule has 1 N–H and O–H groups in total. The van der Waals surface area contributed by atoms with Crippen molar-refractivity contribution < 1.29 is 13.2 Å². The minimum atomic E-state index is -3.47. The molecule has 3 aromatic rings. The molecule has 1 aromatic heterocycles. The number of hydrogen-bond acceptors (Lipinski definition) is 5. The van der Waals surface area contributed by atoms with Gasteiger partial charge >= 0.3 is 0 Å². The van der Waals surface area contributed by atoms with Crippen LogP contribution in [0, 0.1) is 13.8 Å². The van der Waals surface area contributed by atoms with E-state index >= 15 is 0 Å². The van der Waals surface area contributed by atoms with Crippen LogP contribution in [0.15, 0.2) is 52.7 Å². The molecule has 0 bridgehead atoms. The van der Waals surface area contributed by atoms with Crippen LogP contribution in [0.3, 0.4) is 0 Å². The Labute approximate surface area is 168 Å². The van der Waals surface area contributed by atoms with Crippen LogP contribution in [-0.2, 0) is 10.0 Å². The van der Waals surface area contributed by atoms with Gasteiger partial charge in [0.05, 0.1) is 10.6 Å². The Morgan fingerprint density at radius 1 is 1.04 bits per heavy atom. The Hall–Kier alpha value is -2.55. The highest BCUT2D eigenvalue weighted by molar-refractivity contribution is 7.89. The fourth-order valence-electron chi connectivity index (χ4n) is 2.75. The van der Waals surface area contributed by atoms with E-state index in [9.17, 15) is 13.2 Å². The molecule has 2 aromatic carbocycles. The summed E-state index contributed by atoms with van der Waals surface area (Å²) in [6.45, 7) is 3.90. The van der Waals surface area contributed by atoms with Crippen molar-refractivity contribution in [2.24, 2.45) is 0 Å². The molecule has 146 valence electrons. The number of carbonyl (C=O) groups is 1. The van der Waals surface area contributed by atoms with Gasteiger partial charge in [-0.05, 0) is 38.1 Å². The lowest BCUT2D eigenvalue weighted by atomic mass is 10.1. The predicted molar refractivity (Wildman–Crippen MR) is 112 cm³/mol. The number of aromatic nitrogens is 1. The average Bonchev–Trinajstić information content (AvgIpc) is 3.09. The monoisotopic (exact) mass is 415 g/mol. The highest BCUT2D eigenvalue weighted by Gasteiger charge is 2.17. The van der Waals surface area contributed by atoms with Crippen LogP contribution >= 0.6 is 11.3 Å². The normalized spacial score (nSPS) is 11.6. The van der Waals surface area contributed by atoms with Gasteiger partial charge in [0.15, 0.2) is 5.13 Å². The highest BCUT2D eigenvalue weighted by atomic mass is 32.2. The number of hydrogen-bond donors (Lipinski definition) is 1. The summed E-state index contributed by atoms with van der Waals surface area (Å²) in [5.41, 5.74) is 4.10. The Balaban J connectivity index is 1.78. The van der Waals surface area contributed by atoms with Crippen LogP contribution in [0.25, 0.3) is 11.3 Å². The third kappa shape index (κ3) is 4.30. The van der Waals surface area contributed by atoms with Gasteiger partial charge in [-0.25, -0.2) is 17.7 Å².